The Labute approximate surface area is 147 Å². The van der Waals surface area contributed by atoms with Gasteiger partial charge in [-0.1, -0.05) is 0 Å². The fraction of sp³-hybridized carbons (Fsp3) is 0.455. The molecular weight excluding hydrogens is 383 g/mol. The molecule has 0 saturated heterocycles. The normalized spacial score (nSPS) is 13.1. The number of rotatable bonds is 4. The van der Waals surface area contributed by atoms with Gasteiger partial charge >= 0.3 is 147 Å². The fourth-order valence-electron chi connectivity index (χ4n) is 4.14. The van der Waals surface area contributed by atoms with Gasteiger partial charge < -0.3 is 0 Å². The van der Waals surface area contributed by atoms with Gasteiger partial charge in [-0.15, -0.1) is 0 Å². The van der Waals surface area contributed by atoms with Crippen molar-refractivity contribution in [3.63, 3.8) is 0 Å². The quantitative estimate of drug-likeness (QED) is 0.494. The number of hydrogen-bond donors (Lipinski definition) is 0. The van der Waals surface area contributed by atoms with Crippen LogP contribution in [0, 0.1) is 0 Å². The molecule has 0 aliphatic heterocycles. The monoisotopic (exact) mass is 416 g/mol. The molecule has 0 aliphatic rings. The van der Waals surface area contributed by atoms with E-state index in [1.54, 1.807) is 0 Å². The minimum absolute atomic E-state index is 0.415. The molecule has 0 atom stereocenters. The second-order valence-corrected chi connectivity index (χ2v) is 25.7. The van der Waals surface area contributed by atoms with Crippen LogP contribution in [0.25, 0.3) is 0 Å². The second kappa shape index (κ2) is 7.01. The van der Waals surface area contributed by atoms with Crippen LogP contribution in [0.2, 0.25) is 6.86 Å². The van der Waals surface area contributed by atoms with E-state index in [-0.39, 0.29) is 0 Å². The molecule has 0 saturated carbocycles. The van der Waals surface area contributed by atoms with Crippen molar-refractivity contribution in [2.45, 2.75) is 57.3 Å². The maximum absolute atomic E-state index is 2.63. The predicted octanol–water partition coefficient (Wildman–Crippen LogP) is 6.60. The van der Waals surface area contributed by atoms with Crippen LogP contribution in [0.1, 0.15) is 52.7 Å². The summed E-state index contributed by atoms with van der Waals surface area (Å²) in [5.74, 6) is 0. The molecular formula is C22H32Sn. The van der Waals surface area contributed by atoms with Gasteiger partial charge in [-0.2, -0.15) is 0 Å². The van der Waals surface area contributed by atoms with Crippen molar-refractivity contribution in [3.05, 3.63) is 71.8 Å². The molecule has 2 rings (SSSR count). The Morgan fingerprint density at radius 3 is 1.13 bits per heavy atom. The van der Waals surface area contributed by atoms with E-state index in [0.717, 1.165) is 0 Å². The molecule has 1 heteroatoms. The van der Waals surface area contributed by atoms with Gasteiger partial charge in [0.25, 0.3) is 0 Å². The molecule has 2 aromatic carbocycles. The summed E-state index contributed by atoms with van der Waals surface area (Å²) < 4.78 is 3.46. The topological polar surface area (TPSA) is 0 Å². The van der Waals surface area contributed by atoms with E-state index < -0.39 is 18.4 Å². The molecule has 0 amide bonds. The average molecular weight is 415 g/mol. The molecule has 0 bridgehead atoms. The third-order valence-corrected chi connectivity index (χ3v) is 27.7. The summed E-state index contributed by atoms with van der Waals surface area (Å²) in [5.41, 5.74) is 3.06. The van der Waals surface area contributed by atoms with Crippen molar-refractivity contribution in [3.8, 4) is 0 Å². The zero-order valence-corrected chi connectivity index (χ0v) is 18.5. The van der Waals surface area contributed by atoms with Crippen LogP contribution in [0.3, 0.4) is 0 Å². The fourth-order valence-corrected chi connectivity index (χ4v) is 22.3. The van der Waals surface area contributed by atoms with E-state index in [1.807, 2.05) is 0 Å². The van der Waals surface area contributed by atoms with E-state index in [1.165, 1.54) is 20.0 Å². The van der Waals surface area contributed by atoms with Gasteiger partial charge in [0.15, 0.2) is 0 Å². The summed E-state index contributed by atoms with van der Waals surface area (Å²) >= 11 is -2.63. The Bertz CT molecular complexity index is 542. The van der Waals surface area contributed by atoms with Crippen LogP contribution in [0.4, 0.5) is 0 Å². The zero-order valence-electron chi connectivity index (χ0n) is 15.7. The van der Waals surface area contributed by atoms with Crippen molar-refractivity contribution in [2.75, 3.05) is 0 Å². The van der Waals surface area contributed by atoms with Gasteiger partial charge in [-0.25, -0.2) is 0 Å². The summed E-state index contributed by atoms with van der Waals surface area (Å²) in [7, 11) is 0. The van der Waals surface area contributed by atoms with Crippen LogP contribution in [0.15, 0.2) is 60.7 Å². The van der Waals surface area contributed by atoms with Gasteiger partial charge in [0.1, 0.15) is 0 Å². The Morgan fingerprint density at radius 2 is 0.870 bits per heavy atom. The van der Waals surface area contributed by atoms with Crippen LogP contribution in [0.5, 0.6) is 0 Å². The van der Waals surface area contributed by atoms with E-state index in [4.69, 9.17) is 0 Å². The summed E-state index contributed by atoms with van der Waals surface area (Å²) in [4.78, 5) is 0. The van der Waals surface area contributed by atoms with Gasteiger partial charge in [-0.05, 0) is 0 Å². The first kappa shape index (κ1) is 18.6. The summed E-state index contributed by atoms with van der Waals surface area (Å²) in [5, 5.41) is 0. The maximum atomic E-state index is 2.50. The van der Waals surface area contributed by atoms with Crippen molar-refractivity contribution < 1.29 is 0 Å². The minimum atomic E-state index is -2.63. The van der Waals surface area contributed by atoms with Crippen LogP contribution >= 0.6 is 0 Å². The molecule has 124 valence electrons. The number of benzene rings is 2. The van der Waals surface area contributed by atoms with E-state index >= 15 is 0 Å². The molecule has 0 aromatic heterocycles. The predicted molar refractivity (Wildman–Crippen MR) is 105 cm³/mol. The standard InChI is InChI=1S/2C7H7.2C4H9.Sn/c2*1-7-5-3-2-4-6-7;2*1-4(2)3;/h2*2-6H,1H2;2*1-3H3;. The Kier molecular flexibility index (Phi) is 5.66. The molecule has 0 heterocycles. The van der Waals surface area contributed by atoms with Crippen LogP contribution in [-0.4, -0.2) is 18.4 Å². The third kappa shape index (κ3) is 4.20. The number of hydrogen-bond acceptors (Lipinski definition) is 0. The average Bonchev–Trinajstić information content (AvgIpc) is 2.46. The SMILES string of the molecule is C[C](C)(C)[Sn]([CH2]c1ccccc1)([CH2]c1ccccc1)[C](C)(C)C. The van der Waals surface area contributed by atoms with Crippen LogP contribution < -0.4 is 0 Å². The van der Waals surface area contributed by atoms with Crippen molar-refractivity contribution >= 4 is 18.4 Å². The van der Waals surface area contributed by atoms with Gasteiger partial charge in [0.2, 0.25) is 0 Å². The first-order valence-electron chi connectivity index (χ1n) is 8.74. The van der Waals surface area contributed by atoms with E-state index in [9.17, 15) is 0 Å². The van der Waals surface area contributed by atoms with Gasteiger partial charge in [-0.3, -0.25) is 0 Å². The van der Waals surface area contributed by atoms with Crippen molar-refractivity contribution in [1.29, 1.82) is 0 Å². The van der Waals surface area contributed by atoms with E-state index in [2.05, 4.69) is 102 Å². The molecule has 0 nitrogen and oxygen atoms in total. The second-order valence-electron chi connectivity index (χ2n) is 8.91. The molecule has 0 radical (unpaired) electrons. The van der Waals surface area contributed by atoms with Crippen molar-refractivity contribution in [1.82, 2.24) is 0 Å². The zero-order chi connectivity index (χ0) is 17.1. The Hall–Kier alpha value is -0.761. The van der Waals surface area contributed by atoms with Crippen molar-refractivity contribution in [2.24, 2.45) is 0 Å². The molecule has 0 aliphatic carbocycles. The van der Waals surface area contributed by atoms with E-state index in [0.29, 0.717) is 6.86 Å². The Morgan fingerprint density at radius 1 is 0.565 bits per heavy atom. The molecule has 0 N–H and O–H groups in total. The summed E-state index contributed by atoms with van der Waals surface area (Å²) in [6.07, 6.45) is 0. The molecule has 0 spiro atoms. The first-order chi connectivity index (χ1) is 10.7. The van der Waals surface area contributed by atoms with Crippen LogP contribution in [-0.2, 0) is 8.87 Å². The Balaban J connectivity index is 2.51. The molecule has 0 unspecified atom stereocenters. The summed E-state index contributed by atoms with van der Waals surface area (Å²) in [6, 6.07) is 22.3. The molecule has 2 aromatic rings. The third-order valence-electron chi connectivity index (χ3n) is 5.57. The molecule has 23 heavy (non-hydrogen) atoms. The summed E-state index contributed by atoms with van der Waals surface area (Å²) in [6.45, 7) is 15.0. The first-order valence-corrected chi connectivity index (χ1v) is 15.6. The van der Waals surface area contributed by atoms with Gasteiger partial charge in [0.05, 0.1) is 0 Å². The molecule has 0 fully saturated rings. The van der Waals surface area contributed by atoms with Gasteiger partial charge in [0, 0.05) is 0 Å².